The van der Waals surface area contributed by atoms with Gasteiger partial charge in [-0.2, -0.15) is 9.98 Å². The normalized spacial score (nSPS) is 12.8. The van der Waals surface area contributed by atoms with E-state index in [2.05, 4.69) is 14.7 Å². The number of fused-ring (bicyclic) bond motifs is 1. The summed E-state index contributed by atoms with van der Waals surface area (Å²) in [6, 6.07) is 2.19. The summed E-state index contributed by atoms with van der Waals surface area (Å²) >= 11 is 5.83. The molecule has 1 aromatic carbocycles. The molecule has 0 unspecified atom stereocenters. The van der Waals surface area contributed by atoms with Gasteiger partial charge in [0.25, 0.3) is 0 Å². The highest BCUT2D eigenvalue weighted by molar-refractivity contribution is 6.30. The van der Waals surface area contributed by atoms with Crippen molar-refractivity contribution in [2.75, 3.05) is 7.11 Å². The molecule has 15 heavy (non-hydrogen) atoms. The van der Waals surface area contributed by atoms with Crippen LogP contribution in [0.25, 0.3) is 0 Å². The molecule has 2 amide bonds. The van der Waals surface area contributed by atoms with Crippen molar-refractivity contribution < 1.29 is 14.3 Å². The van der Waals surface area contributed by atoms with E-state index in [1.807, 2.05) is 0 Å². The van der Waals surface area contributed by atoms with Gasteiger partial charge < -0.3 is 4.74 Å². The molecule has 0 spiro atoms. The van der Waals surface area contributed by atoms with E-state index >= 15 is 0 Å². The minimum absolute atomic E-state index is 0.211. The van der Waals surface area contributed by atoms with Gasteiger partial charge >= 0.3 is 12.0 Å². The van der Waals surface area contributed by atoms with Gasteiger partial charge in [0.05, 0.1) is 23.1 Å². The zero-order chi connectivity index (χ0) is 11.0. The summed E-state index contributed by atoms with van der Waals surface area (Å²) in [4.78, 5) is 29.3. The molecule has 0 saturated heterocycles. The van der Waals surface area contributed by atoms with Crippen molar-refractivity contribution in [3.05, 3.63) is 33.4 Å². The maximum atomic E-state index is 11.2. The van der Waals surface area contributed by atoms with Crippen LogP contribution in [0.3, 0.4) is 0 Å². The number of methoxy groups -OCH3 is 1. The molecule has 0 atom stereocenters. The molecule has 5 nitrogen and oxygen atoms in total. The number of carbonyl (C=O) groups excluding carboxylic acids is 2. The molecule has 0 fully saturated rings. The van der Waals surface area contributed by atoms with Crippen LogP contribution in [0.15, 0.2) is 22.1 Å². The average molecular weight is 225 g/mol. The molecule has 1 aromatic rings. The van der Waals surface area contributed by atoms with Crippen LogP contribution in [-0.2, 0) is 4.74 Å². The number of halogens is 1. The van der Waals surface area contributed by atoms with Crippen molar-refractivity contribution in [3.63, 3.8) is 0 Å². The van der Waals surface area contributed by atoms with Crippen LogP contribution >= 0.6 is 11.6 Å². The fourth-order valence-corrected chi connectivity index (χ4v) is 1.50. The fraction of sp³-hybridized carbons (Fsp3) is 0.111. The highest BCUT2D eigenvalue weighted by Crippen LogP contribution is 2.06. The molecular weight excluding hydrogens is 220 g/mol. The molecule has 6 heteroatoms. The van der Waals surface area contributed by atoms with E-state index in [4.69, 9.17) is 11.6 Å². The Balaban J connectivity index is 2.70. The summed E-state index contributed by atoms with van der Waals surface area (Å²) in [5, 5.41) is 0.810. The first-order chi connectivity index (χ1) is 7.11. The van der Waals surface area contributed by atoms with E-state index in [1.165, 1.54) is 19.2 Å². The van der Waals surface area contributed by atoms with E-state index < -0.39 is 12.0 Å². The lowest BCUT2D eigenvalue weighted by Crippen LogP contribution is -2.24. The number of urea groups is 1. The lowest BCUT2D eigenvalue weighted by molar-refractivity contribution is 0.0600. The van der Waals surface area contributed by atoms with Gasteiger partial charge in [-0.05, 0) is 12.1 Å². The molecule has 0 aliphatic carbocycles. The smallest absolute Gasteiger partial charge is 0.368 e. The molecule has 0 N–H and O–H groups in total. The fourth-order valence-electron chi connectivity index (χ4n) is 1.24. The Hall–Kier alpha value is -1.75. The summed E-state index contributed by atoms with van der Waals surface area (Å²) in [5.74, 6) is -0.533. The van der Waals surface area contributed by atoms with Gasteiger partial charge in [0.2, 0.25) is 0 Å². The van der Waals surface area contributed by atoms with Crippen molar-refractivity contribution in [1.82, 2.24) is 0 Å². The highest BCUT2D eigenvalue weighted by atomic mass is 35.5. The second-order valence-electron chi connectivity index (χ2n) is 2.82. The third kappa shape index (κ3) is 1.61. The molecule has 0 bridgehead atoms. The molecule has 2 rings (SSSR count). The zero-order valence-corrected chi connectivity index (χ0v) is 8.41. The largest absolute Gasteiger partial charge is 0.465 e. The Labute approximate surface area is 89.1 Å². The monoisotopic (exact) mass is 224 g/mol. The summed E-state index contributed by atoms with van der Waals surface area (Å²) in [6.45, 7) is 0. The van der Waals surface area contributed by atoms with E-state index in [0.29, 0.717) is 10.7 Å². The molecule has 1 aliphatic rings. The Morgan fingerprint density at radius 3 is 2.80 bits per heavy atom. The SMILES string of the molecule is COC(=O)c1cc(Cl)c2c(c1)=NC(=O)N=2. The highest BCUT2D eigenvalue weighted by Gasteiger charge is 2.13. The van der Waals surface area contributed by atoms with E-state index in [-0.39, 0.29) is 10.6 Å². The standard InChI is InChI=1S/C9H5ClN2O3/c1-15-8(13)4-2-5(10)7-6(3-4)11-9(14)12-7/h2-3H,1H3. The molecule has 0 aromatic heterocycles. The van der Waals surface area contributed by atoms with Crippen LogP contribution in [0, 0.1) is 0 Å². The van der Waals surface area contributed by atoms with Gasteiger partial charge in [-0.15, -0.1) is 0 Å². The number of hydrogen-bond donors (Lipinski definition) is 0. The topological polar surface area (TPSA) is 68.1 Å². The van der Waals surface area contributed by atoms with E-state index in [9.17, 15) is 9.59 Å². The van der Waals surface area contributed by atoms with Gasteiger partial charge in [-0.25, -0.2) is 9.59 Å². The van der Waals surface area contributed by atoms with Crippen LogP contribution in [0.1, 0.15) is 10.4 Å². The van der Waals surface area contributed by atoms with Crippen LogP contribution < -0.4 is 10.7 Å². The van der Waals surface area contributed by atoms with E-state index in [1.54, 1.807) is 0 Å². The third-order valence-corrected chi connectivity index (χ3v) is 2.18. The minimum atomic E-state index is -0.617. The summed E-state index contributed by atoms with van der Waals surface area (Å²) < 4.78 is 4.52. The molecule has 76 valence electrons. The molecule has 1 heterocycles. The maximum absolute atomic E-state index is 11.2. The van der Waals surface area contributed by atoms with Crippen molar-refractivity contribution in [1.29, 1.82) is 0 Å². The van der Waals surface area contributed by atoms with Gasteiger partial charge in [0.15, 0.2) is 0 Å². The van der Waals surface area contributed by atoms with Crippen molar-refractivity contribution in [3.8, 4) is 0 Å². The number of benzene rings is 1. The Kier molecular flexibility index (Phi) is 2.24. The lowest BCUT2D eigenvalue weighted by Gasteiger charge is -1.98. The second-order valence-corrected chi connectivity index (χ2v) is 3.23. The molecule has 1 aliphatic heterocycles. The first-order valence-corrected chi connectivity index (χ1v) is 4.39. The molecule has 0 radical (unpaired) electrons. The number of nitrogens with zero attached hydrogens (tertiary/aromatic N) is 2. The summed E-state index contributed by atoms with van der Waals surface area (Å²) in [6.07, 6.45) is 0. The molecular formula is C9H5ClN2O3. The van der Waals surface area contributed by atoms with Crippen LogP contribution in [0.5, 0.6) is 0 Å². The summed E-state index contributed by atoms with van der Waals surface area (Å²) in [5.41, 5.74) is 0.245. The number of esters is 1. The predicted octanol–water partition coefficient (Wildman–Crippen LogP) is 0.499. The summed E-state index contributed by atoms with van der Waals surface area (Å²) in [7, 11) is 1.26. The first-order valence-electron chi connectivity index (χ1n) is 4.01. The first kappa shape index (κ1) is 9.79. The molecule has 0 saturated carbocycles. The predicted molar refractivity (Wildman–Crippen MR) is 50.5 cm³/mol. The van der Waals surface area contributed by atoms with Crippen molar-refractivity contribution >= 4 is 23.6 Å². The quantitative estimate of drug-likeness (QED) is 0.653. The second kappa shape index (κ2) is 3.43. The number of hydrogen-bond acceptors (Lipinski definition) is 3. The zero-order valence-electron chi connectivity index (χ0n) is 7.65. The van der Waals surface area contributed by atoms with E-state index in [0.717, 1.165) is 0 Å². The average Bonchev–Trinajstić information content (AvgIpc) is 2.58. The number of rotatable bonds is 1. The number of carbonyl (C=O) groups is 2. The van der Waals surface area contributed by atoms with Crippen LogP contribution in [0.2, 0.25) is 5.02 Å². The van der Waals surface area contributed by atoms with Gasteiger partial charge in [-0.3, -0.25) is 0 Å². The van der Waals surface area contributed by atoms with Crippen molar-refractivity contribution in [2.24, 2.45) is 9.98 Å². The van der Waals surface area contributed by atoms with Crippen LogP contribution in [-0.4, -0.2) is 19.1 Å². The Morgan fingerprint density at radius 2 is 2.13 bits per heavy atom. The lowest BCUT2D eigenvalue weighted by atomic mass is 10.2. The van der Waals surface area contributed by atoms with Gasteiger partial charge in [0, 0.05) is 0 Å². The maximum Gasteiger partial charge on any atom is 0.368 e. The Morgan fingerprint density at radius 1 is 1.40 bits per heavy atom. The Bertz CT molecular complexity index is 580. The number of amides is 2. The minimum Gasteiger partial charge on any atom is -0.465 e. The number of ether oxygens (including phenoxy) is 1. The van der Waals surface area contributed by atoms with Gasteiger partial charge in [-0.1, -0.05) is 11.6 Å². The van der Waals surface area contributed by atoms with Gasteiger partial charge in [0.1, 0.15) is 5.36 Å². The van der Waals surface area contributed by atoms with Crippen molar-refractivity contribution in [2.45, 2.75) is 0 Å². The van der Waals surface area contributed by atoms with Crippen LogP contribution in [0.4, 0.5) is 4.79 Å². The third-order valence-electron chi connectivity index (χ3n) is 1.89.